The Balaban J connectivity index is 1.73. The first-order chi connectivity index (χ1) is 12.5. The number of hydrogen-bond acceptors (Lipinski definition) is 4. The van der Waals surface area contributed by atoms with E-state index >= 15 is 0 Å². The first-order valence-electron chi connectivity index (χ1n) is 8.18. The van der Waals surface area contributed by atoms with E-state index in [4.69, 9.17) is 9.84 Å². The van der Waals surface area contributed by atoms with E-state index in [1.807, 2.05) is 48.5 Å². The van der Waals surface area contributed by atoms with Gasteiger partial charge in [0, 0.05) is 5.92 Å². The van der Waals surface area contributed by atoms with Crippen LogP contribution in [0.2, 0.25) is 0 Å². The molecule has 0 aromatic heterocycles. The molecule has 0 saturated heterocycles. The maximum Gasteiger partial charge on any atom is 0.407 e. The van der Waals surface area contributed by atoms with Crippen LogP contribution in [0.1, 0.15) is 17.0 Å². The van der Waals surface area contributed by atoms with E-state index in [0.29, 0.717) is 0 Å². The van der Waals surface area contributed by atoms with Crippen molar-refractivity contribution in [1.29, 1.82) is 0 Å². The van der Waals surface area contributed by atoms with Gasteiger partial charge in [-0.1, -0.05) is 54.6 Å². The number of carbonyl (C=O) groups is 2. The molecule has 0 saturated carbocycles. The Bertz CT molecular complexity index is 802. The summed E-state index contributed by atoms with van der Waals surface area (Å²) in [6.45, 7) is 3.39. The van der Waals surface area contributed by atoms with Crippen LogP contribution in [0.5, 0.6) is 0 Å². The summed E-state index contributed by atoms with van der Waals surface area (Å²) in [7, 11) is 0. The number of aliphatic hydroxyl groups excluding tert-OH is 1. The first-order valence-corrected chi connectivity index (χ1v) is 8.18. The van der Waals surface area contributed by atoms with Crippen molar-refractivity contribution in [2.24, 2.45) is 0 Å². The minimum atomic E-state index is -1.51. The van der Waals surface area contributed by atoms with Gasteiger partial charge in [-0.2, -0.15) is 0 Å². The SMILES string of the molecule is C=C[C@@H](O)[C@@H](NC(=O)OCC1c2ccccc2-c2ccccc21)C(=O)O. The molecular formula is C20H19NO5. The molecule has 0 radical (unpaired) electrons. The predicted octanol–water partition coefficient (Wildman–Crippen LogP) is 2.53. The van der Waals surface area contributed by atoms with Gasteiger partial charge in [0.15, 0.2) is 6.04 Å². The van der Waals surface area contributed by atoms with E-state index in [1.54, 1.807) is 0 Å². The molecule has 134 valence electrons. The first kappa shape index (κ1) is 17.7. The lowest BCUT2D eigenvalue weighted by Gasteiger charge is -2.19. The number of fused-ring (bicyclic) bond motifs is 3. The minimum Gasteiger partial charge on any atom is -0.480 e. The second kappa shape index (κ2) is 7.41. The van der Waals surface area contributed by atoms with Crippen molar-refractivity contribution < 1.29 is 24.5 Å². The molecule has 0 unspecified atom stereocenters. The third kappa shape index (κ3) is 3.32. The van der Waals surface area contributed by atoms with Gasteiger partial charge in [-0.05, 0) is 22.3 Å². The number of alkyl carbamates (subject to hydrolysis) is 1. The van der Waals surface area contributed by atoms with Crippen LogP contribution in [0, 0.1) is 0 Å². The average molecular weight is 353 g/mol. The zero-order chi connectivity index (χ0) is 18.7. The number of aliphatic carboxylic acids is 1. The van der Waals surface area contributed by atoms with E-state index in [9.17, 15) is 14.7 Å². The van der Waals surface area contributed by atoms with Crippen LogP contribution >= 0.6 is 0 Å². The van der Waals surface area contributed by atoms with Crippen LogP contribution in [0.3, 0.4) is 0 Å². The Morgan fingerprint density at radius 1 is 1.12 bits per heavy atom. The number of carboxylic acid groups (broad SMARTS) is 1. The van der Waals surface area contributed by atoms with E-state index in [0.717, 1.165) is 28.3 Å². The Labute approximate surface area is 150 Å². The van der Waals surface area contributed by atoms with Gasteiger partial charge in [-0.25, -0.2) is 9.59 Å². The molecule has 6 nitrogen and oxygen atoms in total. The summed E-state index contributed by atoms with van der Waals surface area (Å²) >= 11 is 0. The molecule has 6 heteroatoms. The Kier molecular flexibility index (Phi) is 5.04. The molecule has 2 aromatic rings. The number of aliphatic hydroxyl groups is 1. The summed E-state index contributed by atoms with van der Waals surface area (Å²) in [5.74, 6) is -1.49. The van der Waals surface area contributed by atoms with Gasteiger partial charge in [0.1, 0.15) is 12.7 Å². The molecule has 2 atom stereocenters. The number of hydrogen-bond donors (Lipinski definition) is 3. The number of amides is 1. The highest BCUT2D eigenvalue weighted by Crippen LogP contribution is 2.44. The summed E-state index contributed by atoms with van der Waals surface area (Å²) in [6, 6.07) is 14.3. The maximum absolute atomic E-state index is 12.0. The van der Waals surface area contributed by atoms with Crippen molar-refractivity contribution in [1.82, 2.24) is 5.32 Å². The third-order valence-electron chi connectivity index (χ3n) is 4.47. The van der Waals surface area contributed by atoms with Gasteiger partial charge in [0.05, 0.1) is 0 Å². The molecule has 0 spiro atoms. The zero-order valence-corrected chi connectivity index (χ0v) is 14.0. The van der Waals surface area contributed by atoms with Gasteiger partial charge in [-0.3, -0.25) is 0 Å². The summed E-state index contributed by atoms with van der Waals surface area (Å²) < 4.78 is 5.26. The second-order valence-corrected chi connectivity index (χ2v) is 6.01. The van der Waals surface area contributed by atoms with Crippen molar-refractivity contribution in [2.75, 3.05) is 6.61 Å². The van der Waals surface area contributed by atoms with Crippen molar-refractivity contribution in [2.45, 2.75) is 18.1 Å². The van der Waals surface area contributed by atoms with Crippen LogP contribution in [-0.4, -0.2) is 41.0 Å². The van der Waals surface area contributed by atoms with E-state index in [-0.39, 0.29) is 12.5 Å². The molecule has 26 heavy (non-hydrogen) atoms. The maximum atomic E-state index is 12.0. The standard InChI is InChI=1S/C20H19NO5/c1-2-17(22)18(19(23)24)21-20(25)26-11-16-14-9-5-3-7-12(14)13-8-4-6-10-15(13)16/h2-10,16-18,22H,1,11H2,(H,21,25)(H,23,24)/t17-,18-/m1/s1. The molecule has 3 N–H and O–H groups in total. The average Bonchev–Trinajstić information content (AvgIpc) is 2.97. The monoisotopic (exact) mass is 353 g/mol. The fourth-order valence-corrected chi connectivity index (χ4v) is 3.20. The third-order valence-corrected chi connectivity index (χ3v) is 4.47. The smallest absolute Gasteiger partial charge is 0.407 e. The number of ether oxygens (including phenoxy) is 1. The highest BCUT2D eigenvalue weighted by molar-refractivity contribution is 5.81. The Morgan fingerprint density at radius 2 is 1.65 bits per heavy atom. The molecule has 0 aliphatic heterocycles. The topological polar surface area (TPSA) is 95.9 Å². The summed E-state index contributed by atoms with van der Waals surface area (Å²) in [5, 5.41) is 20.9. The Hall–Kier alpha value is -3.12. The summed E-state index contributed by atoms with van der Waals surface area (Å²) in [4.78, 5) is 23.2. The predicted molar refractivity (Wildman–Crippen MR) is 95.8 cm³/mol. The largest absolute Gasteiger partial charge is 0.480 e. The zero-order valence-electron chi connectivity index (χ0n) is 14.0. The van der Waals surface area contributed by atoms with Gasteiger partial charge in [-0.15, -0.1) is 6.58 Å². The number of carbonyl (C=O) groups excluding carboxylic acids is 1. The molecule has 0 fully saturated rings. The van der Waals surface area contributed by atoms with Crippen molar-refractivity contribution >= 4 is 12.1 Å². The van der Waals surface area contributed by atoms with E-state index in [1.165, 1.54) is 0 Å². The van der Waals surface area contributed by atoms with Gasteiger partial charge < -0.3 is 20.3 Å². The molecule has 0 heterocycles. The summed E-state index contributed by atoms with van der Waals surface area (Å²) in [6.07, 6.45) is -1.27. The summed E-state index contributed by atoms with van der Waals surface area (Å²) in [5.41, 5.74) is 4.31. The van der Waals surface area contributed by atoms with Crippen molar-refractivity contribution in [3.8, 4) is 11.1 Å². The quantitative estimate of drug-likeness (QED) is 0.694. The molecule has 1 amide bonds. The molecule has 3 rings (SSSR count). The van der Waals surface area contributed by atoms with Crippen LogP contribution in [0.15, 0.2) is 61.2 Å². The highest BCUT2D eigenvalue weighted by Gasteiger charge is 2.30. The molecule has 2 aromatic carbocycles. The molecule has 1 aliphatic rings. The van der Waals surface area contributed by atoms with Crippen LogP contribution in [-0.2, 0) is 9.53 Å². The number of nitrogens with one attached hydrogen (secondary N) is 1. The van der Waals surface area contributed by atoms with Gasteiger partial charge in [0.2, 0.25) is 0 Å². The molecule has 0 bridgehead atoms. The fourth-order valence-electron chi connectivity index (χ4n) is 3.20. The molecule has 1 aliphatic carbocycles. The molecular weight excluding hydrogens is 334 g/mol. The number of benzene rings is 2. The van der Waals surface area contributed by atoms with Crippen LogP contribution in [0.4, 0.5) is 4.79 Å². The van der Waals surface area contributed by atoms with E-state index in [2.05, 4.69) is 11.9 Å². The second-order valence-electron chi connectivity index (χ2n) is 6.01. The highest BCUT2D eigenvalue weighted by atomic mass is 16.5. The lowest BCUT2D eigenvalue weighted by molar-refractivity contribution is -0.141. The van der Waals surface area contributed by atoms with Gasteiger partial charge >= 0.3 is 12.1 Å². The fraction of sp³-hybridized carbons (Fsp3) is 0.200. The minimum absolute atomic E-state index is 0.0659. The van der Waals surface area contributed by atoms with Gasteiger partial charge in [0.25, 0.3) is 0 Å². The number of carboxylic acids is 1. The lowest BCUT2D eigenvalue weighted by Crippen LogP contribution is -2.48. The lowest BCUT2D eigenvalue weighted by atomic mass is 9.98. The van der Waals surface area contributed by atoms with Crippen molar-refractivity contribution in [3.63, 3.8) is 0 Å². The van der Waals surface area contributed by atoms with Crippen LogP contribution in [0.25, 0.3) is 11.1 Å². The normalized spacial score (nSPS) is 14.7. The van der Waals surface area contributed by atoms with Crippen LogP contribution < -0.4 is 5.32 Å². The number of rotatable bonds is 6. The van der Waals surface area contributed by atoms with E-state index < -0.39 is 24.2 Å². The Morgan fingerprint density at radius 3 is 2.15 bits per heavy atom. The van der Waals surface area contributed by atoms with Crippen molar-refractivity contribution in [3.05, 3.63) is 72.3 Å².